The average molecular weight is 280 g/mol. The van der Waals surface area contributed by atoms with E-state index in [0.29, 0.717) is 12.0 Å². The maximum atomic E-state index is 14.0. The van der Waals surface area contributed by atoms with E-state index in [2.05, 4.69) is 45.1 Å². The Labute approximate surface area is 123 Å². The second-order valence-electron chi connectivity index (χ2n) is 6.24. The highest BCUT2D eigenvalue weighted by atomic mass is 19.1. The molecule has 0 aliphatic heterocycles. The number of nitrogens with zero attached hydrogens (tertiary/aromatic N) is 1. The highest BCUT2D eigenvalue weighted by Gasteiger charge is 2.19. The molecule has 0 aromatic heterocycles. The van der Waals surface area contributed by atoms with E-state index in [1.807, 2.05) is 12.1 Å². The maximum Gasteiger partial charge on any atom is 0.127 e. The molecule has 3 heteroatoms. The van der Waals surface area contributed by atoms with Crippen molar-refractivity contribution in [1.29, 1.82) is 0 Å². The first-order chi connectivity index (χ1) is 9.43. The van der Waals surface area contributed by atoms with Crippen molar-refractivity contribution in [2.24, 2.45) is 5.92 Å². The van der Waals surface area contributed by atoms with Crippen LogP contribution < -0.4 is 5.32 Å². The molecule has 0 bridgehead atoms. The van der Waals surface area contributed by atoms with Crippen LogP contribution in [0.25, 0.3) is 0 Å². The second kappa shape index (κ2) is 8.38. The highest BCUT2D eigenvalue weighted by Crippen LogP contribution is 2.21. The molecule has 1 aromatic rings. The third-order valence-electron chi connectivity index (χ3n) is 3.47. The summed E-state index contributed by atoms with van der Waals surface area (Å²) in [6.45, 7) is 7.54. The van der Waals surface area contributed by atoms with Crippen molar-refractivity contribution in [3.63, 3.8) is 0 Å². The lowest BCUT2D eigenvalue weighted by Crippen LogP contribution is -2.41. The van der Waals surface area contributed by atoms with Gasteiger partial charge in [0.25, 0.3) is 0 Å². The van der Waals surface area contributed by atoms with E-state index in [4.69, 9.17) is 0 Å². The van der Waals surface area contributed by atoms with Gasteiger partial charge in [-0.3, -0.25) is 0 Å². The van der Waals surface area contributed by atoms with Crippen LogP contribution in [0.5, 0.6) is 0 Å². The molecule has 2 unspecified atom stereocenters. The molecule has 0 amide bonds. The number of benzene rings is 1. The maximum absolute atomic E-state index is 14.0. The monoisotopic (exact) mass is 280 g/mol. The fourth-order valence-corrected chi connectivity index (χ4v) is 2.67. The van der Waals surface area contributed by atoms with Crippen molar-refractivity contribution in [2.75, 3.05) is 20.6 Å². The molecule has 2 nitrogen and oxygen atoms in total. The van der Waals surface area contributed by atoms with Crippen LogP contribution in [0.2, 0.25) is 0 Å². The summed E-state index contributed by atoms with van der Waals surface area (Å²) in [5, 5.41) is 3.64. The van der Waals surface area contributed by atoms with Gasteiger partial charge >= 0.3 is 0 Å². The Balaban J connectivity index is 2.80. The summed E-state index contributed by atoms with van der Waals surface area (Å²) in [5.41, 5.74) is 0.780. The largest absolute Gasteiger partial charge is 0.308 e. The van der Waals surface area contributed by atoms with Crippen LogP contribution in [0, 0.1) is 11.7 Å². The average Bonchev–Trinajstić information content (AvgIpc) is 2.35. The number of likely N-dealkylation sites (N-methyl/N-ethyl adjacent to an activating group) is 1. The van der Waals surface area contributed by atoms with Gasteiger partial charge in [-0.25, -0.2) is 4.39 Å². The third-order valence-corrected chi connectivity index (χ3v) is 3.47. The molecule has 20 heavy (non-hydrogen) atoms. The Morgan fingerprint density at radius 2 is 1.85 bits per heavy atom. The molecule has 1 aromatic carbocycles. The Morgan fingerprint density at radius 3 is 2.35 bits per heavy atom. The summed E-state index contributed by atoms with van der Waals surface area (Å²) < 4.78 is 14.0. The Morgan fingerprint density at radius 1 is 1.20 bits per heavy atom. The summed E-state index contributed by atoms with van der Waals surface area (Å²) in [6.07, 6.45) is 1.99. The zero-order valence-electron chi connectivity index (χ0n) is 13.5. The molecular weight excluding hydrogens is 251 g/mol. The number of rotatable bonds is 8. The zero-order chi connectivity index (χ0) is 15.1. The van der Waals surface area contributed by atoms with E-state index in [0.717, 1.165) is 24.9 Å². The zero-order valence-corrected chi connectivity index (χ0v) is 13.5. The first-order valence-electron chi connectivity index (χ1n) is 7.59. The Hall–Kier alpha value is -0.930. The van der Waals surface area contributed by atoms with Crippen LogP contribution in [0.15, 0.2) is 24.3 Å². The van der Waals surface area contributed by atoms with Crippen LogP contribution in [0.3, 0.4) is 0 Å². The normalized spacial score (nSPS) is 14.8. The van der Waals surface area contributed by atoms with E-state index in [1.54, 1.807) is 12.1 Å². The Bertz CT molecular complexity index is 380. The number of nitrogens with one attached hydrogen (secondary N) is 1. The van der Waals surface area contributed by atoms with Crippen molar-refractivity contribution < 1.29 is 4.39 Å². The van der Waals surface area contributed by atoms with Gasteiger partial charge in [-0.15, -0.1) is 0 Å². The van der Waals surface area contributed by atoms with Gasteiger partial charge in [0.05, 0.1) is 0 Å². The van der Waals surface area contributed by atoms with Crippen LogP contribution in [-0.4, -0.2) is 31.6 Å². The molecule has 0 saturated carbocycles. The van der Waals surface area contributed by atoms with Crippen LogP contribution in [-0.2, 0) is 0 Å². The van der Waals surface area contributed by atoms with E-state index < -0.39 is 0 Å². The van der Waals surface area contributed by atoms with Crippen LogP contribution in [0.4, 0.5) is 4.39 Å². The van der Waals surface area contributed by atoms with Crippen molar-refractivity contribution >= 4 is 0 Å². The van der Waals surface area contributed by atoms with Gasteiger partial charge in [-0.2, -0.15) is 0 Å². The third kappa shape index (κ3) is 5.59. The molecule has 114 valence electrons. The quantitative estimate of drug-likeness (QED) is 0.778. The lowest BCUT2D eigenvalue weighted by molar-refractivity contribution is 0.282. The molecule has 0 heterocycles. The number of hydrogen-bond acceptors (Lipinski definition) is 2. The SMILES string of the molecule is CCC(NC(CC(C)C)CN(C)C)c1ccccc1F. The van der Waals surface area contributed by atoms with Crippen LogP contribution >= 0.6 is 0 Å². The van der Waals surface area contributed by atoms with E-state index >= 15 is 0 Å². The predicted molar refractivity (Wildman–Crippen MR) is 84.4 cm³/mol. The lowest BCUT2D eigenvalue weighted by Gasteiger charge is -2.29. The van der Waals surface area contributed by atoms with Gasteiger partial charge in [-0.05, 0) is 38.9 Å². The van der Waals surface area contributed by atoms with E-state index in [1.165, 1.54) is 0 Å². The smallest absolute Gasteiger partial charge is 0.127 e. The summed E-state index contributed by atoms with van der Waals surface area (Å²) in [4.78, 5) is 2.19. The predicted octanol–water partition coefficient (Wildman–Crippen LogP) is 3.84. The fraction of sp³-hybridized carbons (Fsp3) is 0.647. The molecule has 0 fully saturated rings. The van der Waals surface area contributed by atoms with Gasteiger partial charge < -0.3 is 10.2 Å². The van der Waals surface area contributed by atoms with Gasteiger partial charge in [0, 0.05) is 24.2 Å². The Kier molecular flexibility index (Phi) is 7.17. The van der Waals surface area contributed by atoms with Crippen molar-refractivity contribution in [1.82, 2.24) is 10.2 Å². The number of hydrogen-bond donors (Lipinski definition) is 1. The molecular formula is C17H29FN2. The van der Waals surface area contributed by atoms with E-state index in [-0.39, 0.29) is 11.9 Å². The van der Waals surface area contributed by atoms with Gasteiger partial charge in [0.2, 0.25) is 0 Å². The minimum absolute atomic E-state index is 0.0832. The number of halogens is 1. The first-order valence-corrected chi connectivity index (χ1v) is 7.59. The fourth-order valence-electron chi connectivity index (χ4n) is 2.67. The van der Waals surface area contributed by atoms with Gasteiger partial charge in [-0.1, -0.05) is 39.0 Å². The van der Waals surface area contributed by atoms with Crippen LogP contribution in [0.1, 0.15) is 45.2 Å². The molecule has 1 rings (SSSR count). The van der Waals surface area contributed by atoms with E-state index in [9.17, 15) is 4.39 Å². The molecule has 0 radical (unpaired) electrons. The van der Waals surface area contributed by atoms with Gasteiger partial charge in [0.15, 0.2) is 0 Å². The summed E-state index contributed by atoms with van der Waals surface area (Å²) in [6, 6.07) is 7.56. The molecule has 0 aliphatic rings. The molecule has 0 saturated heterocycles. The second-order valence-corrected chi connectivity index (χ2v) is 6.24. The highest BCUT2D eigenvalue weighted by molar-refractivity contribution is 5.21. The van der Waals surface area contributed by atoms with Gasteiger partial charge in [0.1, 0.15) is 5.82 Å². The van der Waals surface area contributed by atoms with Crippen molar-refractivity contribution in [3.05, 3.63) is 35.6 Å². The standard InChI is InChI=1S/C17H29FN2/c1-6-17(15-9-7-8-10-16(15)18)19-14(11-13(2)3)12-20(4)5/h7-10,13-14,17,19H,6,11-12H2,1-5H3. The minimum Gasteiger partial charge on any atom is -0.308 e. The summed E-state index contributed by atoms with van der Waals surface area (Å²) in [7, 11) is 4.16. The lowest BCUT2D eigenvalue weighted by atomic mass is 9.98. The minimum atomic E-state index is -0.111. The summed E-state index contributed by atoms with van der Waals surface area (Å²) in [5.74, 6) is 0.519. The van der Waals surface area contributed by atoms with Crippen molar-refractivity contribution in [3.8, 4) is 0 Å². The summed E-state index contributed by atoms with van der Waals surface area (Å²) >= 11 is 0. The molecule has 1 N–H and O–H groups in total. The molecule has 0 spiro atoms. The molecule has 2 atom stereocenters. The first kappa shape index (κ1) is 17.1. The molecule has 0 aliphatic carbocycles. The topological polar surface area (TPSA) is 15.3 Å². The van der Waals surface area contributed by atoms with Crippen molar-refractivity contribution in [2.45, 2.75) is 45.7 Å².